The summed E-state index contributed by atoms with van der Waals surface area (Å²) in [6.07, 6.45) is 1.37. The Hall–Kier alpha value is -1.95. The third kappa shape index (κ3) is 2.90. The average Bonchev–Trinajstić information content (AvgIpc) is 2.75. The lowest BCUT2D eigenvalue weighted by Crippen LogP contribution is -2.26. The number of hydrogen-bond acceptors (Lipinski definition) is 5. The molecule has 19 heavy (non-hydrogen) atoms. The zero-order chi connectivity index (χ0) is 14.0. The molecule has 0 bridgehead atoms. The smallest absolute Gasteiger partial charge is 0.270 e. The number of benzene rings is 1. The van der Waals surface area contributed by atoms with Crippen LogP contribution in [-0.2, 0) is 0 Å². The molecule has 0 aliphatic heterocycles. The van der Waals surface area contributed by atoms with Gasteiger partial charge in [-0.3, -0.25) is 14.9 Å². The molecule has 1 saturated carbocycles. The van der Waals surface area contributed by atoms with Gasteiger partial charge in [-0.2, -0.15) is 0 Å². The van der Waals surface area contributed by atoms with Gasteiger partial charge < -0.3 is 9.84 Å². The quantitative estimate of drug-likeness (QED) is 0.511. The summed E-state index contributed by atoms with van der Waals surface area (Å²) < 4.78 is 5.62. The number of rotatable bonds is 4. The van der Waals surface area contributed by atoms with Crippen molar-refractivity contribution in [3.8, 4) is 5.75 Å². The van der Waals surface area contributed by atoms with E-state index in [-0.39, 0.29) is 23.1 Å². The molecule has 1 aromatic carbocycles. The Labute approximate surface area is 110 Å². The fraction of sp³-hybridized carbons (Fsp3) is 0.462. The summed E-state index contributed by atoms with van der Waals surface area (Å²) in [5.41, 5.74) is 0.0258. The summed E-state index contributed by atoms with van der Waals surface area (Å²) in [6, 6.07) is 3.92. The van der Waals surface area contributed by atoms with Crippen molar-refractivity contribution in [2.24, 2.45) is 0 Å². The van der Waals surface area contributed by atoms with E-state index in [4.69, 9.17) is 4.74 Å². The number of ether oxygens (including phenoxy) is 1. The first-order chi connectivity index (χ1) is 8.99. The molecule has 2 atom stereocenters. The van der Waals surface area contributed by atoms with Crippen LogP contribution < -0.4 is 4.74 Å². The monoisotopic (exact) mass is 265 g/mol. The standard InChI is InChI=1S/C13H15NO5/c1-8(15)10-7-9(14(17)18)5-6-12(10)19-13-4-2-3-11(13)16/h5-7,11,13,16H,2-4H2,1H3. The molecule has 0 saturated heterocycles. The van der Waals surface area contributed by atoms with Gasteiger partial charge in [0.2, 0.25) is 0 Å². The Kier molecular flexibility index (Phi) is 3.80. The minimum atomic E-state index is -0.555. The van der Waals surface area contributed by atoms with Crippen molar-refractivity contribution < 1.29 is 19.6 Å². The molecule has 0 amide bonds. The summed E-state index contributed by atoms with van der Waals surface area (Å²) in [5.74, 6) is -0.00441. The Bertz CT molecular complexity index is 514. The van der Waals surface area contributed by atoms with Crippen LogP contribution >= 0.6 is 0 Å². The average molecular weight is 265 g/mol. The molecule has 1 aromatic rings. The second-order valence-electron chi connectivity index (χ2n) is 4.65. The highest BCUT2D eigenvalue weighted by atomic mass is 16.6. The number of aliphatic hydroxyl groups excluding tert-OH is 1. The number of nitro benzene ring substituents is 1. The number of Topliss-reactive ketones (excluding diaryl/α,β-unsaturated/α-hetero) is 1. The lowest BCUT2D eigenvalue weighted by atomic mass is 10.1. The van der Waals surface area contributed by atoms with Crippen molar-refractivity contribution in [3.05, 3.63) is 33.9 Å². The second kappa shape index (κ2) is 5.36. The maximum atomic E-state index is 11.5. The normalized spacial score (nSPS) is 22.2. The van der Waals surface area contributed by atoms with E-state index in [2.05, 4.69) is 0 Å². The van der Waals surface area contributed by atoms with E-state index in [1.165, 1.54) is 25.1 Å². The van der Waals surface area contributed by atoms with Gasteiger partial charge in [0, 0.05) is 12.1 Å². The van der Waals surface area contributed by atoms with Gasteiger partial charge in [0.25, 0.3) is 5.69 Å². The van der Waals surface area contributed by atoms with E-state index in [0.717, 1.165) is 12.8 Å². The van der Waals surface area contributed by atoms with Crippen molar-refractivity contribution >= 4 is 11.5 Å². The summed E-state index contributed by atoms with van der Waals surface area (Å²) in [6.45, 7) is 1.33. The van der Waals surface area contributed by atoms with Gasteiger partial charge in [-0.1, -0.05) is 0 Å². The molecule has 0 heterocycles. The maximum absolute atomic E-state index is 11.5. The molecule has 2 rings (SSSR count). The van der Waals surface area contributed by atoms with Crippen molar-refractivity contribution in [1.82, 2.24) is 0 Å². The first-order valence-corrected chi connectivity index (χ1v) is 6.13. The highest BCUT2D eigenvalue weighted by Gasteiger charge is 2.28. The van der Waals surface area contributed by atoms with Gasteiger partial charge in [-0.05, 0) is 32.3 Å². The Morgan fingerprint density at radius 1 is 1.47 bits per heavy atom. The van der Waals surface area contributed by atoms with E-state index in [1.807, 2.05) is 0 Å². The van der Waals surface area contributed by atoms with Crippen molar-refractivity contribution in [2.45, 2.75) is 38.4 Å². The van der Waals surface area contributed by atoms with Gasteiger partial charge in [-0.25, -0.2) is 0 Å². The summed E-state index contributed by atoms with van der Waals surface area (Å²) in [7, 11) is 0. The van der Waals surface area contributed by atoms with Crippen LogP contribution in [0, 0.1) is 10.1 Å². The number of ketones is 1. The molecule has 1 aliphatic rings. The number of nitrogens with zero attached hydrogens (tertiary/aromatic N) is 1. The van der Waals surface area contributed by atoms with E-state index >= 15 is 0 Å². The minimum absolute atomic E-state index is 0.149. The molecule has 2 unspecified atom stereocenters. The van der Waals surface area contributed by atoms with Crippen LogP contribution in [0.1, 0.15) is 36.5 Å². The van der Waals surface area contributed by atoms with Crippen LogP contribution in [0.5, 0.6) is 5.75 Å². The van der Waals surface area contributed by atoms with Crippen LogP contribution in [0.2, 0.25) is 0 Å². The Morgan fingerprint density at radius 3 is 2.74 bits per heavy atom. The van der Waals surface area contributed by atoms with Gasteiger partial charge in [0.15, 0.2) is 5.78 Å². The Balaban J connectivity index is 2.29. The number of aliphatic hydroxyl groups is 1. The minimum Gasteiger partial charge on any atom is -0.487 e. The first kappa shape index (κ1) is 13.5. The number of carbonyl (C=O) groups is 1. The molecule has 0 radical (unpaired) electrons. The molecular formula is C13H15NO5. The zero-order valence-electron chi connectivity index (χ0n) is 10.5. The second-order valence-corrected chi connectivity index (χ2v) is 4.65. The lowest BCUT2D eigenvalue weighted by Gasteiger charge is -2.18. The number of non-ortho nitro benzene ring substituents is 1. The highest BCUT2D eigenvalue weighted by molar-refractivity contribution is 5.97. The highest BCUT2D eigenvalue weighted by Crippen LogP contribution is 2.29. The van der Waals surface area contributed by atoms with E-state index in [0.29, 0.717) is 12.2 Å². The Morgan fingerprint density at radius 2 is 2.21 bits per heavy atom. The molecule has 6 nitrogen and oxygen atoms in total. The molecule has 6 heteroatoms. The number of hydrogen-bond donors (Lipinski definition) is 1. The number of nitro groups is 1. The van der Waals surface area contributed by atoms with Crippen molar-refractivity contribution in [3.63, 3.8) is 0 Å². The van der Waals surface area contributed by atoms with Crippen LogP contribution in [-0.4, -0.2) is 28.0 Å². The van der Waals surface area contributed by atoms with E-state index < -0.39 is 11.0 Å². The zero-order valence-corrected chi connectivity index (χ0v) is 10.5. The van der Waals surface area contributed by atoms with Gasteiger partial charge in [0.05, 0.1) is 16.6 Å². The number of carbonyl (C=O) groups excluding carboxylic acids is 1. The van der Waals surface area contributed by atoms with Crippen LogP contribution in [0.3, 0.4) is 0 Å². The molecule has 1 N–H and O–H groups in total. The van der Waals surface area contributed by atoms with Crippen LogP contribution in [0.4, 0.5) is 5.69 Å². The van der Waals surface area contributed by atoms with Crippen molar-refractivity contribution in [2.75, 3.05) is 0 Å². The first-order valence-electron chi connectivity index (χ1n) is 6.13. The predicted molar refractivity (Wildman–Crippen MR) is 67.4 cm³/mol. The van der Waals surface area contributed by atoms with E-state index in [9.17, 15) is 20.0 Å². The predicted octanol–water partition coefficient (Wildman–Crippen LogP) is 2.09. The fourth-order valence-electron chi connectivity index (χ4n) is 2.22. The molecule has 1 fully saturated rings. The largest absolute Gasteiger partial charge is 0.487 e. The van der Waals surface area contributed by atoms with Crippen LogP contribution in [0.15, 0.2) is 18.2 Å². The lowest BCUT2D eigenvalue weighted by molar-refractivity contribution is -0.384. The molecule has 0 aromatic heterocycles. The molecule has 102 valence electrons. The SMILES string of the molecule is CC(=O)c1cc([N+](=O)[O-])ccc1OC1CCCC1O. The molecule has 1 aliphatic carbocycles. The fourth-order valence-corrected chi connectivity index (χ4v) is 2.22. The van der Waals surface area contributed by atoms with Gasteiger partial charge in [0.1, 0.15) is 11.9 Å². The topological polar surface area (TPSA) is 89.7 Å². The summed E-state index contributed by atoms with van der Waals surface area (Å²) in [4.78, 5) is 21.7. The third-order valence-corrected chi connectivity index (χ3v) is 3.25. The third-order valence-electron chi connectivity index (χ3n) is 3.25. The van der Waals surface area contributed by atoms with Crippen molar-refractivity contribution in [1.29, 1.82) is 0 Å². The molecular weight excluding hydrogens is 250 g/mol. The molecule has 0 spiro atoms. The summed E-state index contributed by atoms with van der Waals surface area (Å²) >= 11 is 0. The maximum Gasteiger partial charge on any atom is 0.270 e. The van der Waals surface area contributed by atoms with Gasteiger partial charge >= 0.3 is 0 Å². The van der Waals surface area contributed by atoms with Crippen LogP contribution in [0.25, 0.3) is 0 Å². The van der Waals surface area contributed by atoms with Gasteiger partial charge in [-0.15, -0.1) is 0 Å². The van der Waals surface area contributed by atoms with E-state index in [1.54, 1.807) is 0 Å². The summed E-state index contributed by atoms with van der Waals surface area (Å²) in [5, 5.41) is 20.4.